The van der Waals surface area contributed by atoms with Crippen LogP contribution >= 0.6 is 11.3 Å². The van der Waals surface area contributed by atoms with Gasteiger partial charge in [0, 0.05) is 27.7 Å². The summed E-state index contributed by atoms with van der Waals surface area (Å²) in [5, 5.41) is 6.04. The monoisotopic (exact) mass is 304 g/mol. The molecule has 0 spiro atoms. The van der Waals surface area contributed by atoms with Gasteiger partial charge in [-0.2, -0.15) is 0 Å². The molecule has 1 heterocycles. The van der Waals surface area contributed by atoms with Crippen LogP contribution in [0.1, 0.15) is 23.6 Å². The van der Waals surface area contributed by atoms with Crippen LogP contribution in [0.3, 0.4) is 0 Å². The average Bonchev–Trinajstić information content (AvgIpc) is 2.95. The predicted octanol–water partition coefficient (Wildman–Crippen LogP) is 4.49. The van der Waals surface area contributed by atoms with Crippen molar-refractivity contribution in [1.82, 2.24) is 0 Å². The number of amides is 1. The number of carbonyl (C=O) groups is 1. The van der Waals surface area contributed by atoms with Crippen molar-refractivity contribution in [3.8, 4) is 0 Å². The molecular formula is C16H20N2O2S. The predicted molar refractivity (Wildman–Crippen MR) is 88.1 cm³/mol. The maximum atomic E-state index is 11.3. The fourth-order valence-corrected chi connectivity index (χ4v) is 2.75. The fourth-order valence-electron chi connectivity index (χ4n) is 1.85. The van der Waals surface area contributed by atoms with Gasteiger partial charge in [-0.3, -0.25) is 5.32 Å². The number of aryl methyl sites for hydroxylation is 1. The first-order chi connectivity index (χ1) is 10.2. The van der Waals surface area contributed by atoms with Crippen LogP contribution in [0.2, 0.25) is 0 Å². The van der Waals surface area contributed by atoms with E-state index in [0.29, 0.717) is 6.61 Å². The normalized spacial score (nSPS) is 10.2. The molecule has 0 aliphatic carbocycles. The summed E-state index contributed by atoms with van der Waals surface area (Å²) >= 11 is 1.83. The molecule has 2 aromatic rings. The lowest BCUT2D eigenvalue weighted by Gasteiger charge is -2.08. The molecule has 0 atom stereocenters. The Morgan fingerprint density at radius 2 is 1.71 bits per heavy atom. The van der Waals surface area contributed by atoms with Gasteiger partial charge in [0.05, 0.1) is 6.61 Å². The molecule has 2 rings (SSSR count). The van der Waals surface area contributed by atoms with Crippen molar-refractivity contribution < 1.29 is 9.53 Å². The second-order valence-corrected chi connectivity index (χ2v) is 5.75. The molecular weight excluding hydrogens is 284 g/mol. The maximum Gasteiger partial charge on any atom is 0.411 e. The SMILES string of the molecule is CCOC(=O)Nc1ccc(NCc2ccc(CC)s2)cc1. The fraction of sp³-hybridized carbons (Fsp3) is 0.312. The van der Waals surface area contributed by atoms with Crippen molar-refractivity contribution in [2.45, 2.75) is 26.8 Å². The lowest BCUT2D eigenvalue weighted by Crippen LogP contribution is -2.13. The van der Waals surface area contributed by atoms with E-state index in [0.717, 1.165) is 24.3 Å². The average molecular weight is 304 g/mol. The summed E-state index contributed by atoms with van der Waals surface area (Å²) in [6.07, 6.45) is 0.655. The lowest BCUT2D eigenvalue weighted by atomic mass is 10.3. The van der Waals surface area contributed by atoms with E-state index >= 15 is 0 Å². The third-order valence-electron chi connectivity index (χ3n) is 2.94. The minimum Gasteiger partial charge on any atom is -0.450 e. The molecule has 1 aromatic heterocycles. The van der Waals surface area contributed by atoms with Crippen LogP contribution < -0.4 is 10.6 Å². The van der Waals surface area contributed by atoms with E-state index in [1.54, 1.807) is 6.92 Å². The Morgan fingerprint density at radius 1 is 1.05 bits per heavy atom. The third kappa shape index (κ3) is 4.79. The van der Waals surface area contributed by atoms with Crippen LogP contribution in [-0.4, -0.2) is 12.7 Å². The van der Waals surface area contributed by atoms with Crippen LogP contribution in [0.5, 0.6) is 0 Å². The van der Waals surface area contributed by atoms with E-state index < -0.39 is 6.09 Å². The Balaban J connectivity index is 1.85. The Labute approximate surface area is 129 Å². The summed E-state index contributed by atoms with van der Waals surface area (Å²) in [5.41, 5.74) is 1.75. The van der Waals surface area contributed by atoms with E-state index in [-0.39, 0.29) is 0 Å². The van der Waals surface area contributed by atoms with Gasteiger partial charge in [0.25, 0.3) is 0 Å². The van der Waals surface area contributed by atoms with Gasteiger partial charge in [-0.15, -0.1) is 11.3 Å². The molecule has 0 bridgehead atoms. The van der Waals surface area contributed by atoms with Gasteiger partial charge in [-0.05, 0) is 49.7 Å². The summed E-state index contributed by atoms with van der Waals surface area (Å²) in [5.74, 6) is 0. The number of hydrogen-bond donors (Lipinski definition) is 2. The molecule has 1 aromatic carbocycles. The van der Waals surface area contributed by atoms with Crippen molar-refractivity contribution in [1.29, 1.82) is 0 Å². The van der Waals surface area contributed by atoms with Crippen LogP contribution in [0, 0.1) is 0 Å². The molecule has 1 amide bonds. The molecule has 0 radical (unpaired) electrons. The van der Waals surface area contributed by atoms with Crippen LogP contribution in [0.15, 0.2) is 36.4 Å². The third-order valence-corrected chi connectivity index (χ3v) is 4.17. The second-order valence-electron chi connectivity index (χ2n) is 4.50. The molecule has 112 valence electrons. The highest BCUT2D eigenvalue weighted by molar-refractivity contribution is 7.12. The summed E-state index contributed by atoms with van der Waals surface area (Å²) in [4.78, 5) is 14.0. The highest BCUT2D eigenvalue weighted by Gasteiger charge is 2.02. The first-order valence-corrected chi connectivity index (χ1v) is 7.88. The van der Waals surface area contributed by atoms with E-state index in [4.69, 9.17) is 4.74 Å². The highest BCUT2D eigenvalue weighted by atomic mass is 32.1. The minimum atomic E-state index is -0.427. The zero-order valence-electron chi connectivity index (χ0n) is 12.3. The number of rotatable bonds is 6. The Kier molecular flexibility index (Phi) is 5.63. The van der Waals surface area contributed by atoms with Crippen molar-refractivity contribution >= 4 is 28.8 Å². The smallest absolute Gasteiger partial charge is 0.411 e. The quantitative estimate of drug-likeness (QED) is 0.826. The number of benzene rings is 1. The van der Waals surface area contributed by atoms with Gasteiger partial charge >= 0.3 is 6.09 Å². The van der Waals surface area contributed by atoms with Gasteiger partial charge in [0.15, 0.2) is 0 Å². The molecule has 4 nitrogen and oxygen atoms in total. The standard InChI is InChI=1S/C16H20N2O2S/c1-3-14-9-10-15(21-14)11-17-12-5-7-13(8-6-12)18-16(19)20-4-2/h5-10,17H,3-4,11H2,1-2H3,(H,18,19). The Bertz CT molecular complexity index is 578. The van der Waals surface area contributed by atoms with E-state index in [1.165, 1.54) is 9.75 Å². The molecule has 0 unspecified atom stereocenters. The zero-order chi connectivity index (χ0) is 15.1. The molecule has 0 saturated heterocycles. The first-order valence-electron chi connectivity index (χ1n) is 7.06. The summed E-state index contributed by atoms with van der Waals surface area (Å²) in [6, 6.07) is 11.9. The molecule has 5 heteroatoms. The van der Waals surface area contributed by atoms with E-state index in [9.17, 15) is 4.79 Å². The Hall–Kier alpha value is -2.01. The van der Waals surface area contributed by atoms with Crippen molar-refractivity contribution in [2.24, 2.45) is 0 Å². The lowest BCUT2D eigenvalue weighted by molar-refractivity contribution is 0.168. The van der Waals surface area contributed by atoms with Crippen LogP contribution in [-0.2, 0) is 17.7 Å². The molecule has 0 fully saturated rings. The number of thiophene rings is 1. The Morgan fingerprint density at radius 3 is 2.33 bits per heavy atom. The van der Waals surface area contributed by atoms with Gasteiger partial charge in [0.2, 0.25) is 0 Å². The van der Waals surface area contributed by atoms with Gasteiger partial charge in [-0.25, -0.2) is 4.79 Å². The number of ether oxygens (including phenoxy) is 1. The molecule has 2 N–H and O–H groups in total. The summed E-state index contributed by atoms with van der Waals surface area (Å²) < 4.78 is 4.83. The van der Waals surface area contributed by atoms with Crippen molar-refractivity contribution in [3.63, 3.8) is 0 Å². The number of nitrogens with one attached hydrogen (secondary N) is 2. The van der Waals surface area contributed by atoms with E-state index in [1.807, 2.05) is 35.6 Å². The highest BCUT2D eigenvalue weighted by Crippen LogP contribution is 2.19. The van der Waals surface area contributed by atoms with Gasteiger partial charge in [0.1, 0.15) is 0 Å². The topological polar surface area (TPSA) is 50.4 Å². The molecule has 0 aliphatic heterocycles. The number of anilines is 2. The summed E-state index contributed by atoms with van der Waals surface area (Å²) in [6.45, 7) is 5.13. The van der Waals surface area contributed by atoms with Gasteiger partial charge in [-0.1, -0.05) is 6.92 Å². The maximum absolute atomic E-state index is 11.3. The molecule has 21 heavy (non-hydrogen) atoms. The molecule has 0 saturated carbocycles. The van der Waals surface area contributed by atoms with Crippen LogP contribution in [0.4, 0.5) is 16.2 Å². The number of hydrogen-bond acceptors (Lipinski definition) is 4. The summed E-state index contributed by atoms with van der Waals surface area (Å²) in [7, 11) is 0. The second kappa shape index (κ2) is 7.69. The first kappa shape index (κ1) is 15.4. The van der Waals surface area contributed by atoms with Gasteiger partial charge < -0.3 is 10.1 Å². The van der Waals surface area contributed by atoms with Crippen LogP contribution in [0.25, 0.3) is 0 Å². The largest absolute Gasteiger partial charge is 0.450 e. The minimum absolute atomic E-state index is 0.367. The van der Waals surface area contributed by atoms with Crippen molar-refractivity contribution in [2.75, 3.05) is 17.2 Å². The zero-order valence-corrected chi connectivity index (χ0v) is 13.1. The van der Waals surface area contributed by atoms with E-state index in [2.05, 4.69) is 29.7 Å². The van der Waals surface area contributed by atoms with Crippen molar-refractivity contribution in [3.05, 3.63) is 46.2 Å². The molecule has 0 aliphatic rings. The number of carbonyl (C=O) groups excluding carboxylic acids is 1.